The molecular weight excluding hydrogens is 456 g/mol. The topological polar surface area (TPSA) is 126 Å². The van der Waals surface area contributed by atoms with Gasteiger partial charge in [-0.05, 0) is 51.9 Å². The highest BCUT2D eigenvalue weighted by Gasteiger charge is 2.47. The van der Waals surface area contributed by atoms with Gasteiger partial charge in [0.1, 0.15) is 16.9 Å². The second-order valence-corrected chi connectivity index (χ2v) is 11.0. The van der Waals surface area contributed by atoms with Gasteiger partial charge in [-0.25, -0.2) is 14.8 Å². The van der Waals surface area contributed by atoms with Crippen molar-refractivity contribution in [3.8, 4) is 0 Å². The number of rotatable bonds is 4. The number of H-pyrrole nitrogens is 1. The maximum atomic E-state index is 12.6. The van der Waals surface area contributed by atoms with Crippen molar-refractivity contribution in [3.63, 3.8) is 0 Å². The number of primary amides is 1. The van der Waals surface area contributed by atoms with Crippen LogP contribution in [0, 0.1) is 17.8 Å². The van der Waals surface area contributed by atoms with Gasteiger partial charge < -0.3 is 25.7 Å². The van der Waals surface area contributed by atoms with E-state index in [2.05, 4.69) is 27.4 Å². The number of fused-ring (bicyclic) bond motifs is 3. The van der Waals surface area contributed by atoms with Crippen molar-refractivity contribution in [2.75, 3.05) is 18.4 Å². The number of nitrogens with two attached hydrogens (primary N) is 1. The Morgan fingerprint density at radius 3 is 2.79 bits per heavy atom. The maximum absolute atomic E-state index is 12.6. The predicted molar refractivity (Wildman–Crippen MR) is 130 cm³/mol. The third kappa shape index (κ3) is 4.21. The number of nitrogens with one attached hydrogen (secondary N) is 2. The molecule has 2 aliphatic carbocycles. The van der Waals surface area contributed by atoms with E-state index >= 15 is 0 Å². The second-order valence-electron chi connectivity index (χ2n) is 10.6. The van der Waals surface area contributed by atoms with E-state index in [4.69, 9.17) is 27.1 Å². The molecule has 182 valence electrons. The molecule has 5 atom stereocenters. The highest BCUT2D eigenvalue weighted by Crippen LogP contribution is 2.46. The van der Waals surface area contributed by atoms with Crippen molar-refractivity contribution in [2.45, 2.75) is 57.6 Å². The van der Waals surface area contributed by atoms with Crippen LogP contribution < -0.4 is 11.1 Å². The van der Waals surface area contributed by atoms with Gasteiger partial charge in [-0.1, -0.05) is 23.8 Å². The number of hydrogen-bond donors (Lipinski definition) is 3. The zero-order chi connectivity index (χ0) is 24.2. The van der Waals surface area contributed by atoms with Crippen LogP contribution in [0.15, 0.2) is 18.3 Å². The minimum atomic E-state index is -0.539. The third-order valence-corrected chi connectivity index (χ3v) is 7.34. The molecule has 2 amide bonds. The molecule has 2 fully saturated rings. The molecule has 34 heavy (non-hydrogen) atoms. The lowest BCUT2D eigenvalue weighted by Gasteiger charge is -2.33. The lowest BCUT2D eigenvalue weighted by atomic mass is 9.88. The molecule has 1 saturated carbocycles. The van der Waals surface area contributed by atoms with Gasteiger partial charge in [-0.15, -0.1) is 0 Å². The summed E-state index contributed by atoms with van der Waals surface area (Å²) < 4.78 is 5.56. The minimum absolute atomic E-state index is 0.0332. The fourth-order valence-electron chi connectivity index (χ4n) is 5.55. The average molecular weight is 487 g/mol. The van der Waals surface area contributed by atoms with Gasteiger partial charge in [-0.3, -0.25) is 4.79 Å². The van der Waals surface area contributed by atoms with Crippen molar-refractivity contribution in [3.05, 3.63) is 29.2 Å². The van der Waals surface area contributed by atoms with Crippen LogP contribution in [-0.4, -0.2) is 56.6 Å². The zero-order valence-electron chi connectivity index (χ0n) is 19.7. The van der Waals surface area contributed by atoms with Gasteiger partial charge in [0.15, 0.2) is 5.65 Å². The fraction of sp³-hybridized carbons (Fsp3) is 0.583. The van der Waals surface area contributed by atoms with Crippen LogP contribution in [0.2, 0.25) is 5.02 Å². The Morgan fingerprint density at radius 1 is 1.29 bits per heavy atom. The van der Waals surface area contributed by atoms with E-state index in [9.17, 15) is 9.59 Å². The average Bonchev–Trinajstić information content (AvgIpc) is 3.49. The highest BCUT2D eigenvalue weighted by molar-refractivity contribution is 6.34. The lowest BCUT2D eigenvalue weighted by molar-refractivity contribution is -0.122. The number of allylic oxidation sites excluding steroid dienone is 1. The summed E-state index contributed by atoms with van der Waals surface area (Å²) >= 11 is 6.56. The van der Waals surface area contributed by atoms with Gasteiger partial charge in [0.05, 0.1) is 22.8 Å². The molecule has 1 saturated heterocycles. The van der Waals surface area contributed by atoms with E-state index in [1.807, 2.05) is 20.8 Å². The summed E-state index contributed by atoms with van der Waals surface area (Å²) in [5, 5.41) is 3.96. The first-order chi connectivity index (χ1) is 16.1. The Morgan fingerprint density at radius 2 is 2.06 bits per heavy atom. The second kappa shape index (κ2) is 8.45. The number of carbonyl (C=O) groups is 2. The Bertz CT molecular complexity index is 1160. The Hall–Kier alpha value is -2.81. The van der Waals surface area contributed by atoms with Gasteiger partial charge in [0.2, 0.25) is 5.91 Å². The highest BCUT2D eigenvalue weighted by atomic mass is 35.5. The molecule has 1 unspecified atom stereocenters. The first-order valence-electron chi connectivity index (χ1n) is 11.9. The molecule has 0 spiro atoms. The summed E-state index contributed by atoms with van der Waals surface area (Å²) in [4.78, 5) is 39.1. The van der Waals surface area contributed by atoms with Crippen LogP contribution in [-0.2, 0) is 9.53 Å². The number of anilines is 1. The summed E-state index contributed by atoms with van der Waals surface area (Å²) in [7, 11) is 0. The molecule has 0 aromatic carbocycles. The SMILES string of the molecule is CC(C)(C)OC(=O)N1CCCC(c2nc3ncc(Cl)c(N[C@H]4[C@@H](C(N)=O)[C@@H]5C=C[C@H]4C5)c3[nH]2)C1. The summed E-state index contributed by atoms with van der Waals surface area (Å²) in [5.41, 5.74) is 7.13. The number of carbonyl (C=O) groups excluding carboxylic acids is 2. The molecule has 1 aliphatic heterocycles. The van der Waals surface area contributed by atoms with Gasteiger partial charge in [-0.2, -0.15) is 0 Å². The van der Waals surface area contributed by atoms with Gasteiger partial charge in [0.25, 0.3) is 0 Å². The minimum Gasteiger partial charge on any atom is -0.444 e. The number of aromatic nitrogens is 3. The Labute approximate surface area is 203 Å². The van der Waals surface area contributed by atoms with Crippen molar-refractivity contribution in [2.24, 2.45) is 23.5 Å². The van der Waals surface area contributed by atoms with Gasteiger partial charge >= 0.3 is 6.09 Å². The lowest BCUT2D eigenvalue weighted by Crippen LogP contribution is -2.42. The quantitative estimate of drug-likeness (QED) is 0.564. The molecule has 4 N–H and O–H groups in total. The van der Waals surface area contributed by atoms with Gasteiger partial charge in [0, 0.05) is 25.0 Å². The molecule has 5 rings (SSSR count). The van der Waals surface area contributed by atoms with Crippen molar-refractivity contribution in [1.29, 1.82) is 0 Å². The normalized spacial score (nSPS) is 28.5. The van der Waals surface area contributed by atoms with E-state index < -0.39 is 5.60 Å². The maximum Gasteiger partial charge on any atom is 0.410 e. The molecular formula is C24H31ClN6O3. The Kier molecular flexibility index (Phi) is 5.70. The molecule has 9 nitrogen and oxygen atoms in total. The van der Waals surface area contributed by atoms with Crippen molar-refractivity contribution >= 4 is 40.5 Å². The number of likely N-dealkylation sites (tertiary alicyclic amines) is 1. The molecule has 2 aromatic heterocycles. The number of aromatic amines is 1. The number of imidazole rings is 1. The fourth-order valence-corrected chi connectivity index (χ4v) is 5.75. The van der Waals surface area contributed by atoms with E-state index in [1.165, 1.54) is 0 Å². The molecule has 2 bridgehead atoms. The number of piperidine rings is 1. The number of nitrogens with zero attached hydrogens (tertiary/aromatic N) is 3. The summed E-state index contributed by atoms with van der Waals surface area (Å²) in [5.74, 6) is 0.605. The summed E-state index contributed by atoms with van der Waals surface area (Å²) in [6.07, 6.45) is 8.18. The summed E-state index contributed by atoms with van der Waals surface area (Å²) in [6, 6.07) is -0.125. The largest absolute Gasteiger partial charge is 0.444 e. The predicted octanol–water partition coefficient (Wildman–Crippen LogP) is 3.81. The first kappa shape index (κ1) is 23.0. The van der Waals surface area contributed by atoms with Crippen LogP contribution >= 0.6 is 11.6 Å². The smallest absolute Gasteiger partial charge is 0.410 e. The van der Waals surface area contributed by atoms with Crippen LogP contribution in [0.1, 0.15) is 51.8 Å². The number of hydrogen-bond acceptors (Lipinski definition) is 6. The molecule has 3 aliphatic rings. The van der Waals surface area contributed by atoms with E-state index in [-0.39, 0.29) is 41.7 Å². The van der Waals surface area contributed by atoms with E-state index in [1.54, 1.807) is 11.1 Å². The zero-order valence-corrected chi connectivity index (χ0v) is 20.4. The van der Waals surface area contributed by atoms with Crippen molar-refractivity contribution in [1.82, 2.24) is 19.9 Å². The van der Waals surface area contributed by atoms with Crippen LogP contribution in [0.25, 0.3) is 11.2 Å². The summed E-state index contributed by atoms with van der Waals surface area (Å²) in [6.45, 7) is 6.78. The Balaban J connectivity index is 1.40. The number of ether oxygens (including phenoxy) is 1. The third-order valence-electron chi connectivity index (χ3n) is 7.05. The molecule has 3 heterocycles. The monoisotopic (exact) mass is 486 g/mol. The number of amides is 2. The van der Waals surface area contributed by atoms with E-state index in [0.29, 0.717) is 35.0 Å². The standard InChI is InChI=1S/C24H31ClN6O3/c1-24(2,3)34-23(33)31-8-4-5-14(11-31)21-29-19-18(15(25)10-27-22(19)30-21)28-17-13-7-6-12(9-13)16(17)20(26)32/h6-7,10,12-14,16-17H,4-5,8-9,11H2,1-3H3,(H2,26,32)(H2,27,28,29,30)/t12-,13+,14?,16+,17-/m1/s1. The van der Waals surface area contributed by atoms with Crippen LogP contribution in [0.4, 0.5) is 10.5 Å². The van der Waals surface area contributed by atoms with Crippen LogP contribution in [0.3, 0.4) is 0 Å². The molecule has 2 aromatic rings. The van der Waals surface area contributed by atoms with E-state index in [0.717, 1.165) is 25.1 Å². The van der Waals surface area contributed by atoms with Crippen LogP contribution in [0.5, 0.6) is 0 Å². The van der Waals surface area contributed by atoms with Crippen molar-refractivity contribution < 1.29 is 14.3 Å². The first-order valence-corrected chi connectivity index (χ1v) is 12.2. The number of pyridine rings is 1. The number of halogens is 1. The molecule has 0 radical (unpaired) electrons. The molecule has 10 heteroatoms.